The first kappa shape index (κ1) is 25.7. The average Bonchev–Trinajstić information content (AvgIpc) is 2.98. The highest BCUT2D eigenvalue weighted by Gasteiger charge is 2.22. The molecule has 0 aliphatic heterocycles. The number of aromatic hydroxyl groups is 1. The van der Waals surface area contributed by atoms with Crippen molar-refractivity contribution < 1.29 is 17.7 Å². The van der Waals surface area contributed by atoms with Crippen LogP contribution in [0.4, 0.5) is 0 Å². The highest BCUT2D eigenvalue weighted by atomic mass is 32.2. The normalized spacial score (nSPS) is 11.4. The van der Waals surface area contributed by atoms with E-state index in [-0.39, 0.29) is 16.4 Å². The smallest absolute Gasteiger partial charge is 0.339 e. The Balaban J connectivity index is 0.000000187. The SMILES string of the molecule is O=S(=O)(Oc1ccc(O)cc1)c1ccc2ccc3cccc4ccc1c2c34.c1ccc([SH+]c2ccccc2)cc1. The van der Waals surface area contributed by atoms with Gasteiger partial charge in [-0.3, -0.25) is 0 Å². The number of hydrogen-bond donors (Lipinski definition) is 1. The van der Waals surface area contributed by atoms with E-state index in [0.717, 1.165) is 26.9 Å². The van der Waals surface area contributed by atoms with Gasteiger partial charge in [-0.15, -0.1) is 0 Å². The summed E-state index contributed by atoms with van der Waals surface area (Å²) in [7, 11) is -4.03. The van der Waals surface area contributed by atoms with Gasteiger partial charge in [-0.2, -0.15) is 8.42 Å². The van der Waals surface area contributed by atoms with Gasteiger partial charge >= 0.3 is 10.1 Å². The molecule has 0 aromatic heterocycles. The maximum absolute atomic E-state index is 12.9. The summed E-state index contributed by atoms with van der Waals surface area (Å²) in [6.45, 7) is 0. The molecule has 0 aliphatic carbocycles. The Kier molecular flexibility index (Phi) is 7.03. The standard InChI is InChI=1S/C22H14O4S.C12H10S/c23-17-8-10-18(11-9-17)26-27(24,25)20-13-7-16-5-4-14-2-1-3-15-6-12-19(20)22(16)21(14)15;1-3-7-11(8-4-1)13-12-9-5-2-6-10-12/h1-13,23H;1-10H/p+1. The topological polar surface area (TPSA) is 63.6 Å². The summed E-state index contributed by atoms with van der Waals surface area (Å²) in [4.78, 5) is 2.81. The summed E-state index contributed by atoms with van der Waals surface area (Å²) < 4.78 is 31.2. The van der Waals surface area contributed by atoms with E-state index in [1.807, 2.05) is 54.6 Å². The molecule has 6 heteroatoms. The van der Waals surface area contributed by atoms with E-state index in [9.17, 15) is 13.5 Å². The minimum absolute atomic E-state index is 0.0440. The van der Waals surface area contributed by atoms with Gasteiger partial charge in [-0.25, -0.2) is 0 Å². The quantitative estimate of drug-likeness (QED) is 0.100. The number of thiol groups is 1. The van der Waals surface area contributed by atoms with Crippen LogP contribution < -0.4 is 4.18 Å². The van der Waals surface area contributed by atoms with Gasteiger partial charge in [0.15, 0.2) is 9.79 Å². The number of benzene rings is 7. The third-order valence-corrected chi connectivity index (χ3v) is 8.99. The van der Waals surface area contributed by atoms with Gasteiger partial charge in [-0.1, -0.05) is 84.9 Å². The second-order valence-corrected chi connectivity index (χ2v) is 12.0. The number of phenols is 1. The Bertz CT molecular complexity index is 1950. The van der Waals surface area contributed by atoms with Crippen molar-refractivity contribution in [2.24, 2.45) is 0 Å². The van der Waals surface area contributed by atoms with Crippen LogP contribution in [0.2, 0.25) is 0 Å². The summed E-state index contributed by atoms with van der Waals surface area (Å²) in [5.74, 6) is 0.195. The van der Waals surface area contributed by atoms with Gasteiger partial charge in [0.05, 0.1) is 0 Å². The second kappa shape index (κ2) is 10.9. The van der Waals surface area contributed by atoms with Crippen LogP contribution in [0.3, 0.4) is 0 Å². The van der Waals surface area contributed by atoms with Gasteiger partial charge in [0.2, 0.25) is 0 Å². The molecule has 0 radical (unpaired) electrons. The van der Waals surface area contributed by atoms with Gasteiger partial charge in [0.1, 0.15) is 16.4 Å². The van der Waals surface area contributed by atoms with Crippen molar-refractivity contribution in [2.45, 2.75) is 14.7 Å². The number of rotatable bonds is 5. The highest BCUT2D eigenvalue weighted by molar-refractivity contribution is 7.87. The Hall–Kier alpha value is -4.52. The molecule has 7 rings (SSSR count). The van der Waals surface area contributed by atoms with Gasteiger partial charge in [-0.05, 0) is 81.5 Å². The first-order chi connectivity index (χ1) is 19.5. The number of phenolic OH excluding ortho intramolecular Hbond substituents is 1. The molecule has 0 amide bonds. The highest BCUT2D eigenvalue weighted by Crippen LogP contribution is 2.37. The summed E-state index contributed by atoms with van der Waals surface area (Å²) in [5.41, 5.74) is 0. The zero-order chi connectivity index (χ0) is 27.5. The maximum atomic E-state index is 12.9. The van der Waals surface area contributed by atoms with Crippen molar-refractivity contribution in [1.29, 1.82) is 0 Å². The predicted octanol–water partition coefficient (Wildman–Crippen LogP) is 7.98. The van der Waals surface area contributed by atoms with Crippen molar-refractivity contribution >= 4 is 54.2 Å². The zero-order valence-electron chi connectivity index (χ0n) is 21.3. The molecule has 0 unspecified atom stereocenters. The first-order valence-electron chi connectivity index (χ1n) is 12.7. The molecule has 0 saturated heterocycles. The fraction of sp³-hybridized carbons (Fsp3) is 0. The molecule has 0 heterocycles. The first-order valence-corrected chi connectivity index (χ1v) is 15.0. The van der Waals surface area contributed by atoms with E-state index in [4.69, 9.17) is 4.18 Å². The van der Waals surface area contributed by atoms with Crippen LogP contribution in [0.15, 0.2) is 154 Å². The molecular weight excluding hydrogens is 537 g/mol. The van der Waals surface area contributed by atoms with Crippen LogP contribution in [0.1, 0.15) is 0 Å². The zero-order valence-corrected chi connectivity index (χ0v) is 23.0. The molecule has 1 N–H and O–H groups in total. The molecular formula is C34H25O4S2+. The Morgan fingerprint density at radius 2 is 1.05 bits per heavy atom. The third kappa shape index (κ3) is 5.32. The van der Waals surface area contributed by atoms with E-state index >= 15 is 0 Å². The molecule has 0 fully saturated rings. The van der Waals surface area contributed by atoms with Crippen LogP contribution in [0.5, 0.6) is 11.5 Å². The molecule has 0 spiro atoms. The lowest BCUT2D eigenvalue weighted by Gasteiger charge is -2.14. The summed E-state index contributed by atoms with van der Waals surface area (Å²) in [5, 5.41) is 15.1. The van der Waals surface area contributed by atoms with E-state index < -0.39 is 10.1 Å². The van der Waals surface area contributed by atoms with Crippen molar-refractivity contribution in [3.8, 4) is 11.5 Å². The van der Waals surface area contributed by atoms with E-state index in [2.05, 4.69) is 48.5 Å². The van der Waals surface area contributed by atoms with Crippen LogP contribution in [-0.2, 0) is 21.9 Å². The van der Waals surface area contributed by atoms with E-state index in [1.54, 1.807) is 12.1 Å². The largest absolute Gasteiger partial charge is 0.508 e. The maximum Gasteiger partial charge on any atom is 0.339 e. The lowest BCUT2D eigenvalue weighted by molar-refractivity contribution is 0.469. The van der Waals surface area contributed by atoms with Crippen molar-refractivity contribution in [3.63, 3.8) is 0 Å². The second-order valence-electron chi connectivity index (χ2n) is 9.23. The van der Waals surface area contributed by atoms with Gasteiger partial charge in [0.25, 0.3) is 0 Å². The van der Waals surface area contributed by atoms with Gasteiger partial charge < -0.3 is 9.29 Å². The number of hydrogen-bond acceptors (Lipinski definition) is 4. The molecule has 0 aliphatic rings. The van der Waals surface area contributed by atoms with Crippen LogP contribution in [-0.4, -0.2) is 13.5 Å². The predicted molar refractivity (Wildman–Crippen MR) is 164 cm³/mol. The lowest BCUT2D eigenvalue weighted by atomic mass is 9.94. The van der Waals surface area contributed by atoms with Crippen molar-refractivity contribution in [2.75, 3.05) is 0 Å². The minimum atomic E-state index is -4.03. The Morgan fingerprint density at radius 1 is 0.525 bits per heavy atom. The molecule has 7 aromatic rings. The van der Waals surface area contributed by atoms with Gasteiger partial charge in [0, 0.05) is 17.1 Å². The minimum Gasteiger partial charge on any atom is -0.508 e. The Labute approximate surface area is 236 Å². The monoisotopic (exact) mass is 561 g/mol. The summed E-state index contributed by atoms with van der Waals surface area (Å²) >= 11 is 1.28. The molecule has 196 valence electrons. The third-order valence-electron chi connectivity index (χ3n) is 6.57. The fourth-order valence-electron chi connectivity index (χ4n) is 4.75. The van der Waals surface area contributed by atoms with E-state index in [1.165, 1.54) is 45.8 Å². The molecule has 40 heavy (non-hydrogen) atoms. The molecule has 7 aromatic carbocycles. The summed E-state index contributed by atoms with van der Waals surface area (Å²) in [6.07, 6.45) is 0. The molecule has 4 nitrogen and oxygen atoms in total. The van der Waals surface area contributed by atoms with Crippen LogP contribution in [0, 0.1) is 0 Å². The van der Waals surface area contributed by atoms with Crippen LogP contribution >= 0.6 is 0 Å². The molecule has 0 saturated carbocycles. The average molecular weight is 562 g/mol. The lowest BCUT2D eigenvalue weighted by Crippen LogP contribution is -2.10. The molecule has 0 bridgehead atoms. The Morgan fingerprint density at radius 3 is 1.65 bits per heavy atom. The van der Waals surface area contributed by atoms with Crippen molar-refractivity contribution in [3.05, 3.63) is 140 Å². The van der Waals surface area contributed by atoms with Crippen molar-refractivity contribution in [1.82, 2.24) is 0 Å². The fourth-order valence-corrected chi connectivity index (χ4v) is 6.82. The van der Waals surface area contributed by atoms with E-state index in [0.29, 0.717) is 5.39 Å². The van der Waals surface area contributed by atoms with Crippen LogP contribution in [0.25, 0.3) is 32.3 Å². The molecule has 0 atom stereocenters. The summed E-state index contributed by atoms with van der Waals surface area (Å²) in [6, 6.07) is 43.8.